The van der Waals surface area contributed by atoms with E-state index in [1.807, 2.05) is 6.07 Å². The molecule has 2 rings (SSSR count). The van der Waals surface area contributed by atoms with Crippen molar-refractivity contribution >= 4 is 20.0 Å². The molecule has 0 aliphatic carbocycles. The van der Waals surface area contributed by atoms with Crippen LogP contribution in [0.2, 0.25) is 0 Å². The van der Waals surface area contributed by atoms with Crippen LogP contribution in [0.5, 0.6) is 0 Å². The van der Waals surface area contributed by atoms with Gasteiger partial charge in [-0.15, -0.1) is 0 Å². The van der Waals surface area contributed by atoms with Gasteiger partial charge in [-0.3, -0.25) is 0 Å². The first-order valence-electron chi connectivity index (χ1n) is 5.35. The molecule has 0 N–H and O–H groups in total. The molecule has 0 saturated carbocycles. The summed E-state index contributed by atoms with van der Waals surface area (Å²) in [4.78, 5) is 0. The van der Waals surface area contributed by atoms with E-state index >= 15 is 0 Å². The molecule has 0 bridgehead atoms. The van der Waals surface area contributed by atoms with E-state index in [9.17, 15) is 0 Å². The zero-order chi connectivity index (χ0) is 11.5. The maximum absolute atomic E-state index is 3.19. The first-order valence-corrected chi connectivity index (χ1v) is 6.21. The first-order chi connectivity index (χ1) is 7.68. The van der Waals surface area contributed by atoms with E-state index in [4.69, 9.17) is 0 Å². The van der Waals surface area contributed by atoms with Gasteiger partial charge in [0, 0.05) is 0 Å². The normalized spacial score (nSPS) is 10.1. The van der Waals surface area contributed by atoms with Gasteiger partial charge in [0.25, 0.3) is 0 Å². The SMILES string of the molecule is Cc1ccc(C(=[Se])c2ccccc2)c(C)c1. The molecule has 0 fully saturated rings. The van der Waals surface area contributed by atoms with Crippen molar-refractivity contribution in [3.8, 4) is 0 Å². The van der Waals surface area contributed by atoms with Crippen LogP contribution in [-0.2, 0) is 0 Å². The van der Waals surface area contributed by atoms with E-state index in [1.165, 1.54) is 26.7 Å². The second kappa shape index (κ2) is 4.78. The molecule has 0 heterocycles. The van der Waals surface area contributed by atoms with E-state index in [2.05, 4.69) is 71.9 Å². The van der Waals surface area contributed by atoms with E-state index in [-0.39, 0.29) is 0 Å². The summed E-state index contributed by atoms with van der Waals surface area (Å²) in [5, 5.41) is 0. The average molecular weight is 273 g/mol. The Morgan fingerprint density at radius 3 is 2.25 bits per heavy atom. The topological polar surface area (TPSA) is 0 Å². The van der Waals surface area contributed by atoms with Crippen molar-refractivity contribution in [2.45, 2.75) is 13.8 Å². The Kier molecular flexibility index (Phi) is 3.38. The minimum absolute atomic E-state index is 1.22. The van der Waals surface area contributed by atoms with Crippen molar-refractivity contribution in [3.63, 3.8) is 0 Å². The number of benzene rings is 2. The molecule has 80 valence electrons. The Labute approximate surface area is 105 Å². The molecule has 0 radical (unpaired) electrons. The molecule has 0 aromatic heterocycles. The molecule has 2 aromatic carbocycles. The Balaban J connectivity index is 2.42. The molecule has 0 aliphatic rings. The van der Waals surface area contributed by atoms with Gasteiger partial charge in [-0.05, 0) is 0 Å². The zero-order valence-electron chi connectivity index (χ0n) is 9.53. The van der Waals surface area contributed by atoms with Crippen molar-refractivity contribution < 1.29 is 0 Å². The molecule has 0 saturated heterocycles. The monoisotopic (exact) mass is 274 g/mol. The van der Waals surface area contributed by atoms with Crippen molar-refractivity contribution in [2.75, 3.05) is 0 Å². The van der Waals surface area contributed by atoms with Crippen molar-refractivity contribution in [3.05, 3.63) is 70.8 Å². The number of hydrogen-bond acceptors (Lipinski definition) is 0. The van der Waals surface area contributed by atoms with Gasteiger partial charge in [0.1, 0.15) is 0 Å². The fourth-order valence-electron chi connectivity index (χ4n) is 1.81. The van der Waals surface area contributed by atoms with Gasteiger partial charge < -0.3 is 0 Å². The summed E-state index contributed by atoms with van der Waals surface area (Å²) in [6, 6.07) is 17.0. The Bertz CT molecular complexity index is 512. The molecular weight excluding hydrogens is 259 g/mol. The molecule has 0 aliphatic heterocycles. The number of hydrogen-bond donors (Lipinski definition) is 0. The van der Waals surface area contributed by atoms with Gasteiger partial charge in [-0.2, -0.15) is 0 Å². The summed E-state index contributed by atoms with van der Waals surface area (Å²) in [5.41, 5.74) is 5.16. The van der Waals surface area contributed by atoms with Crippen molar-refractivity contribution in [1.29, 1.82) is 0 Å². The van der Waals surface area contributed by atoms with E-state index < -0.39 is 0 Å². The summed E-state index contributed by atoms with van der Waals surface area (Å²) in [5.74, 6) is 0. The van der Waals surface area contributed by atoms with Crippen LogP contribution in [0.1, 0.15) is 22.3 Å². The summed E-state index contributed by atoms with van der Waals surface area (Å²) < 4.78 is 1.22. The van der Waals surface area contributed by atoms with Gasteiger partial charge in [0.15, 0.2) is 0 Å². The third-order valence-corrected chi connectivity index (χ3v) is 3.62. The van der Waals surface area contributed by atoms with Crippen LogP contribution >= 0.6 is 0 Å². The van der Waals surface area contributed by atoms with Gasteiger partial charge in [-0.1, -0.05) is 0 Å². The fourth-order valence-corrected chi connectivity index (χ4v) is 2.58. The Morgan fingerprint density at radius 2 is 1.62 bits per heavy atom. The van der Waals surface area contributed by atoms with Crippen molar-refractivity contribution in [1.82, 2.24) is 0 Å². The number of rotatable bonds is 2. The second-order valence-electron chi connectivity index (χ2n) is 4.01. The minimum atomic E-state index is 1.22. The average Bonchev–Trinajstić information content (AvgIpc) is 2.29. The van der Waals surface area contributed by atoms with E-state index in [1.54, 1.807) is 0 Å². The Hall–Kier alpha value is -1.17. The standard InChI is InChI=1S/C15H14Se/c1-11-8-9-14(12(2)10-11)15(16)13-6-4-3-5-7-13/h3-10H,1-2H3. The van der Waals surface area contributed by atoms with Crippen LogP contribution in [0.15, 0.2) is 48.5 Å². The third-order valence-electron chi connectivity index (χ3n) is 2.66. The molecule has 16 heavy (non-hydrogen) atoms. The molecule has 0 spiro atoms. The molecule has 2 aromatic rings. The predicted octanol–water partition coefficient (Wildman–Crippen LogP) is 3.04. The maximum atomic E-state index is 3.19. The van der Waals surface area contributed by atoms with E-state index in [0.717, 1.165) is 0 Å². The van der Waals surface area contributed by atoms with Gasteiger partial charge in [0.2, 0.25) is 0 Å². The van der Waals surface area contributed by atoms with E-state index in [0.29, 0.717) is 0 Å². The van der Waals surface area contributed by atoms with Gasteiger partial charge >= 0.3 is 105 Å². The number of aryl methyl sites for hydroxylation is 2. The quantitative estimate of drug-likeness (QED) is 0.738. The fraction of sp³-hybridized carbons (Fsp3) is 0.133. The van der Waals surface area contributed by atoms with Crippen LogP contribution in [0.3, 0.4) is 0 Å². The molecule has 0 nitrogen and oxygen atoms in total. The molecule has 1 heteroatoms. The molecule has 0 atom stereocenters. The third kappa shape index (κ3) is 2.32. The first kappa shape index (κ1) is 11.3. The second-order valence-corrected chi connectivity index (χ2v) is 4.87. The van der Waals surface area contributed by atoms with Crippen LogP contribution < -0.4 is 0 Å². The Morgan fingerprint density at radius 1 is 0.938 bits per heavy atom. The summed E-state index contributed by atoms with van der Waals surface area (Å²) in [6.07, 6.45) is 0. The predicted molar refractivity (Wildman–Crippen MR) is 71.3 cm³/mol. The summed E-state index contributed by atoms with van der Waals surface area (Å²) >= 11 is 3.19. The summed E-state index contributed by atoms with van der Waals surface area (Å²) in [7, 11) is 0. The zero-order valence-corrected chi connectivity index (χ0v) is 11.2. The van der Waals surface area contributed by atoms with Crippen LogP contribution in [0.25, 0.3) is 0 Å². The van der Waals surface area contributed by atoms with Crippen LogP contribution in [0.4, 0.5) is 0 Å². The van der Waals surface area contributed by atoms with Gasteiger partial charge in [-0.25, -0.2) is 0 Å². The summed E-state index contributed by atoms with van der Waals surface area (Å²) in [6.45, 7) is 4.28. The van der Waals surface area contributed by atoms with Crippen LogP contribution in [0, 0.1) is 13.8 Å². The van der Waals surface area contributed by atoms with Crippen LogP contribution in [-0.4, -0.2) is 20.0 Å². The van der Waals surface area contributed by atoms with Gasteiger partial charge in [0.05, 0.1) is 0 Å². The molecule has 0 unspecified atom stereocenters. The molecule has 0 amide bonds. The molecular formula is C15H14Se. The van der Waals surface area contributed by atoms with Crippen molar-refractivity contribution in [2.24, 2.45) is 0 Å².